The van der Waals surface area contributed by atoms with Gasteiger partial charge in [-0.2, -0.15) is 0 Å². The number of hydrogen-bond acceptors (Lipinski definition) is 5. The topological polar surface area (TPSA) is 73.6 Å². The molecule has 0 radical (unpaired) electrons. The largest absolute Gasteiger partial charge is 0.454 e. The summed E-state index contributed by atoms with van der Waals surface area (Å²) in [6.07, 6.45) is 3.26. The van der Waals surface area contributed by atoms with Crippen molar-refractivity contribution in [2.75, 3.05) is 6.79 Å². The molecular weight excluding hydrogens is 308 g/mol. The second kappa shape index (κ2) is 6.13. The highest BCUT2D eigenvalue weighted by atomic mass is 16.7. The minimum atomic E-state index is -0.367. The first kappa shape index (κ1) is 15.0. The fraction of sp³-hybridized carbons (Fsp3) is 0.333. The number of nitro groups is 1. The second-order valence-corrected chi connectivity index (χ2v) is 6.12. The van der Waals surface area contributed by atoms with Crippen molar-refractivity contribution < 1.29 is 14.4 Å². The van der Waals surface area contributed by atoms with Crippen molar-refractivity contribution in [2.24, 2.45) is 0 Å². The molecule has 6 heteroatoms. The normalized spacial score (nSPS) is 18.2. The van der Waals surface area contributed by atoms with E-state index in [9.17, 15) is 10.1 Å². The van der Waals surface area contributed by atoms with Crippen LogP contribution in [-0.4, -0.2) is 11.7 Å². The lowest BCUT2D eigenvalue weighted by atomic mass is 9.87. The van der Waals surface area contributed by atoms with Crippen LogP contribution in [0.1, 0.15) is 35.6 Å². The van der Waals surface area contributed by atoms with Gasteiger partial charge in [-0.3, -0.25) is 10.1 Å². The molecule has 0 unspecified atom stereocenters. The van der Waals surface area contributed by atoms with Crippen LogP contribution in [-0.2, 0) is 13.0 Å². The molecule has 1 aliphatic heterocycles. The number of fused-ring (bicyclic) bond motifs is 2. The van der Waals surface area contributed by atoms with E-state index in [0.717, 1.165) is 19.3 Å². The van der Waals surface area contributed by atoms with Gasteiger partial charge in [0.1, 0.15) is 0 Å². The maximum Gasteiger partial charge on any atom is 0.277 e. The molecule has 1 atom stereocenters. The molecule has 0 spiro atoms. The van der Waals surface area contributed by atoms with Crippen LogP contribution in [0.5, 0.6) is 11.5 Å². The van der Waals surface area contributed by atoms with Crippen molar-refractivity contribution in [3.8, 4) is 11.5 Å². The van der Waals surface area contributed by atoms with Gasteiger partial charge in [-0.15, -0.1) is 0 Å². The highest BCUT2D eigenvalue weighted by Gasteiger charge is 2.25. The minimum absolute atomic E-state index is 0.0656. The Bertz CT molecular complexity index is 791. The molecule has 0 aromatic heterocycles. The van der Waals surface area contributed by atoms with Gasteiger partial charge in [0.15, 0.2) is 11.5 Å². The van der Waals surface area contributed by atoms with E-state index in [1.165, 1.54) is 17.2 Å². The van der Waals surface area contributed by atoms with Crippen LogP contribution in [0.3, 0.4) is 0 Å². The number of nitro benzene ring substituents is 1. The molecule has 2 aromatic rings. The molecule has 1 N–H and O–H groups in total. The first-order valence-electron chi connectivity index (χ1n) is 8.10. The SMILES string of the molecule is O=[N+]([O-])c1cc2c(cc1CN[C@@H]1CCCc3ccccc31)OCO2. The molecule has 0 fully saturated rings. The summed E-state index contributed by atoms with van der Waals surface area (Å²) in [5, 5.41) is 14.8. The van der Waals surface area contributed by atoms with Crippen molar-refractivity contribution >= 4 is 5.69 Å². The van der Waals surface area contributed by atoms with Gasteiger partial charge in [0.25, 0.3) is 5.69 Å². The van der Waals surface area contributed by atoms with Crippen LogP contribution >= 0.6 is 0 Å². The summed E-state index contributed by atoms with van der Waals surface area (Å²) in [6.45, 7) is 0.533. The lowest BCUT2D eigenvalue weighted by Gasteiger charge is -2.26. The van der Waals surface area contributed by atoms with Crippen LogP contribution < -0.4 is 14.8 Å². The molecule has 1 aliphatic carbocycles. The van der Waals surface area contributed by atoms with Crippen molar-refractivity contribution in [3.63, 3.8) is 0 Å². The van der Waals surface area contributed by atoms with Gasteiger partial charge in [-0.25, -0.2) is 0 Å². The van der Waals surface area contributed by atoms with Crippen molar-refractivity contribution in [1.29, 1.82) is 0 Å². The average molecular weight is 326 g/mol. The maximum absolute atomic E-state index is 11.4. The number of rotatable bonds is 4. The summed E-state index contributed by atoms with van der Waals surface area (Å²) in [7, 11) is 0. The van der Waals surface area contributed by atoms with Gasteiger partial charge in [0.2, 0.25) is 6.79 Å². The number of nitrogens with one attached hydrogen (secondary N) is 1. The predicted octanol–water partition coefficient (Wildman–Crippen LogP) is 3.49. The third-order valence-corrected chi connectivity index (χ3v) is 4.68. The van der Waals surface area contributed by atoms with E-state index in [-0.39, 0.29) is 23.4 Å². The molecule has 2 aliphatic rings. The summed E-state index contributed by atoms with van der Waals surface area (Å²) in [4.78, 5) is 11.0. The molecule has 0 saturated heterocycles. The number of aryl methyl sites for hydroxylation is 1. The quantitative estimate of drug-likeness (QED) is 0.688. The van der Waals surface area contributed by atoms with Gasteiger partial charge >= 0.3 is 0 Å². The van der Waals surface area contributed by atoms with Gasteiger partial charge in [0.05, 0.1) is 11.0 Å². The summed E-state index contributed by atoms with van der Waals surface area (Å²) in [5.74, 6) is 1.01. The lowest BCUT2D eigenvalue weighted by molar-refractivity contribution is -0.385. The van der Waals surface area contributed by atoms with Gasteiger partial charge in [-0.1, -0.05) is 24.3 Å². The van der Waals surface area contributed by atoms with Crippen LogP contribution in [0.15, 0.2) is 36.4 Å². The molecule has 0 bridgehead atoms. The van der Waals surface area contributed by atoms with Gasteiger partial charge in [0, 0.05) is 18.2 Å². The first-order chi connectivity index (χ1) is 11.7. The number of ether oxygens (including phenoxy) is 2. The van der Waals surface area contributed by atoms with Gasteiger partial charge in [-0.05, 0) is 36.5 Å². The van der Waals surface area contributed by atoms with Crippen LogP contribution in [0.2, 0.25) is 0 Å². The molecular formula is C18H18N2O4. The van der Waals surface area contributed by atoms with E-state index in [1.54, 1.807) is 6.07 Å². The zero-order valence-electron chi connectivity index (χ0n) is 13.2. The molecule has 6 nitrogen and oxygen atoms in total. The molecule has 1 heterocycles. The zero-order valence-corrected chi connectivity index (χ0v) is 13.2. The highest BCUT2D eigenvalue weighted by Crippen LogP contribution is 2.38. The fourth-order valence-corrected chi connectivity index (χ4v) is 3.48. The van der Waals surface area contributed by atoms with Crippen molar-refractivity contribution in [3.05, 3.63) is 63.2 Å². The summed E-state index contributed by atoms with van der Waals surface area (Å²) < 4.78 is 10.6. The Kier molecular flexibility index (Phi) is 3.82. The Morgan fingerprint density at radius 3 is 2.83 bits per heavy atom. The summed E-state index contributed by atoms with van der Waals surface area (Å²) >= 11 is 0. The van der Waals surface area contributed by atoms with E-state index in [4.69, 9.17) is 9.47 Å². The van der Waals surface area contributed by atoms with E-state index >= 15 is 0 Å². The number of benzene rings is 2. The number of hydrogen-bond donors (Lipinski definition) is 1. The molecule has 4 rings (SSSR count). The molecule has 0 saturated carbocycles. The Morgan fingerprint density at radius 2 is 2.00 bits per heavy atom. The lowest BCUT2D eigenvalue weighted by Crippen LogP contribution is -2.25. The summed E-state index contributed by atoms with van der Waals surface area (Å²) in [6, 6.07) is 11.8. The van der Waals surface area contributed by atoms with E-state index in [2.05, 4.69) is 23.5 Å². The zero-order chi connectivity index (χ0) is 16.5. The first-order valence-corrected chi connectivity index (χ1v) is 8.10. The van der Waals surface area contributed by atoms with Crippen LogP contribution in [0.4, 0.5) is 5.69 Å². The van der Waals surface area contributed by atoms with Crippen molar-refractivity contribution in [2.45, 2.75) is 31.8 Å². The molecule has 0 amide bonds. The van der Waals surface area contributed by atoms with E-state index < -0.39 is 0 Å². The second-order valence-electron chi connectivity index (χ2n) is 6.12. The standard InChI is InChI=1S/C18H18N2O4/c21-20(22)16-9-18-17(23-11-24-18)8-13(16)10-19-15-7-3-5-12-4-1-2-6-14(12)15/h1-2,4,6,8-9,15,19H,3,5,7,10-11H2/t15-/m1/s1. The van der Waals surface area contributed by atoms with Crippen molar-refractivity contribution in [1.82, 2.24) is 5.32 Å². The Morgan fingerprint density at radius 1 is 1.21 bits per heavy atom. The third-order valence-electron chi connectivity index (χ3n) is 4.68. The molecule has 124 valence electrons. The average Bonchev–Trinajstić information content (AvgIpc) is 3.06. The minimum Gasteiger partial charge on any atom is -0.454 e. The monoisotopic (exact) mass is 326 g/mol. The molecule has 24 heavy (non-hydrogen) atoms. The third kappa shape index (κ3) is 2.69. The van der Waals surface area contributed by atoms with E-state index in [0.29, 0.717) is 23.6 Å². The molecule has 2 aromatic carbocycles. The summed E-state index contributed by atoms with van der Waals surface area (Å²) in [5.41, 5.74) is 3.34. The Labute approximate surface area is 139 Å². The smallest absolute Gasteiger partial charge is 0.277 e. The number of nitrogens with zero attached hydrogens (tertiary/aromatic N) is 1. The fourth-order valence-electron chi connectivity index (χ4n) is 3.48. The van der Waals surface area contributed by atoms with Crippen LogP contribution in [0, 0.1) is 10.1 Å². The highest BCUT2D eigenvalue weighted by molar-refractivity contribution is 5.55. The Hall–Kier alpha value is -2.60. The van der Waals surface area contributed by atoms with Crippen LogP contribution in [0.25, 0.3) is 0 Å². The van der Waals surface area contributed by atoms with Gasteiger partial charge < -0.3 is 14.8 Å². The predicted molar refractivity (Wildman–Crippen MR) is 88.2 cm³/mol. The van der Waals surface area contributed by atoms with E-state index in [1.807, 2.05) is 6.07 Å². The Balaban J connectivity index is 1.58. The maximum atomic E-state index is 11.4.